The van der Waals surface area contributed by atoms with Crippen LogP contribution in [0.25, 0.3) is 0 Å². The monoisotopic (exact) mass is 398 g/mol. The van der Waals surface area contributed by atoms with E-state index in [1.54, 1.807) is 0 Å². The summed E-state index contributed by atoms with van der Waals surface area (Å²) in [4.78, 5) is 0. The van der Waals surface area contributed by atoms with Crippen molar-refractivity contribution in [3.63, 3.8) is 0 Å². The van der Waals surface area contributed by atoms with Gasteiger partial charge in [-0.1, -0.05) is 0 Å². The predicted octanol–water partition coefficient (Wildman–Crippen LogP) is 5.04. The first-order valence-corrected chi connectivity index (χ1v) is 7.67. The van der Waals surface area contributed by atoms with Crippen molar-refractivity contribution in [3.05, 3.63) is 89.5 Å². The lowest BCUT2D eigenvalue weighted by Gasteiger charge is -2.17. The maximum atomic E-state index is 13.8. The van der Waals surface area contributed by atoms with Gasteiger partial charge in [-0.2, -0.15) is 0 Å². The van der Waals surface area contributed by atoms with Crippen LogP contribution in [0.5, 0.6) is 17.2 Å². The highest BCUT2D eigenvalue weighted by Crippen LogP contribution is 2.25. The van der Waals surface area contributed by atoms with Crippen LogP contribution in [0.1, 0.15) is 0 Å². The van der Waals surface area contributed by atoms with Gasteiger partial charge in [0.1, 0.15) is 34.7 Å². The molecule has 0 unspecified atom stereocenters. The van der Waals surface area contributed by atoms with Gasteiger partial charge in [-0.15, -0.1) is 0 Å². The minimum Gasteiger partial charge on any atom is -0.487 e. The van der Waals surface area contributed by atoms with Crippen LogP contribution in [-0.2, 0) is 0 Å². The van der Waals surface area contributed by atoms with Crippen molar-refractivity contribution in [1.29, 1.82) is 0 Å². The molecule has 0 radical (unpaired) electrons. The van der Waals surface area contributed by atoms with Crippen molar-refractivity contribution >= 4 is 7.32 Å². The molecule has 0 N–H and O–H groups in total. The van der Waals surface area contributed by atoms with E-state index in [0.29, 0.717) is 18.2 Å². The highest BCUT2D eigenvalue weighted by atomic mass is 19.1. The third-order valence-electron chi connectivity index (χ3n) is 3.35. The molecule has 0 aromatic heterocycles. The number of halogens is 6. The molecule has 0 aliphatic rings. The summed E-state index contributed by atoms with van der Waals surface area (Å²) in [6, 6.07) is 6.47. The summed E-state index contributed by atoms with van der Waals surface area (Å²) in [5.41, 5.74) is 0. The van der Waals surface area contributed by atoms with E-state index in [2.05, 4.69) is 0 Å². The van der Waals surface area contributed by atoms with Gasteiger partial charge in [0, 0.05) is 18.2 Å². The Balaban J connectivity index is 1.94. The van der Waals surface area contributed by atoms with Crippen LogP contribution in [0.4, 0.5) is 26.3 Å². The SMILES string of the molecule is Fc1ccc(F)c(OB(Oc2cc(F)ccc2F)Oc2cc(F)ccc2F)c1. The molecule has 0 bridgehead atoms. The topological polar surface area (TPSA) is 27.7 Å². The lowest BCUT2D eigenvalue weighted by Crippen LogP contribution is -2.38. The Hall–Kier alpha value is -3.30. The highest BCUT2D eigenvalue weighted by molar-refractivity contribution is 6.39. The second-order valence-electron chi connectivity index (χ2n) is 5.37. The Morgan fingerprint density at radius 1 is 0.464 bits per heavy atom. The van der Waals surface area contributed by atoms with Crippen LogP contribution < -0.4 is 14.0 Å². The molecule has 0 atom stereocenters. The van der Waals surface area contributed by atoms with Gasteiger partial charge in [-0.05, 0) is 36.4 Å². The number of rotatable bonds is 6. The standard InChI is InChI=1S/C18H9BF6O3/c20-10-1-4-13(23)16(7-10)26-19(27-17-8-11(21)2-5-14(17)24)28-18-9-12(22)3-6-15(18)25/h1-9H. The number of hydrogen-bond donors (Lipinski definition) is 0. The minimum atomic E-state index is -2.12. The Morgan fingerprint density at radius 2 is 0.750 bits per heavy atom. The molecule has 3 aromatic rings. The molecule has 3 aromatic carbocycles. The summed E-state index contributed by atoms with van der Waals surface area (Å²) in [5, 5.41) is 0. The minimum absolute atomic E-state index is 0.624. The average Bonchev–Trinajstić information content (AvgIpc) is 2.64. The van der Waals surface area contributed by atoms with E-state index in [0.717, 1.165) is 36.4 Å². The lowest BCUT2D eigenvalue weighted by molar-refractivity contribution is 0.286. The van der Waals surface area contributed by atoms with Crippen LogP contribution in [0, 0.1) is 34.9 Å². The quantitative estimate of drug-likeness (QED) is 0.430. The third-order valence-corrected chi connectivity index (χ3v) is 3.35. The van der Waals surface area contributed by atoms with E-state index in [1.165, 1.54) is 0 Å². The van der Waals surface area contributed by atoms with Crippen LogP contribution in [0.2, 0.25) is 0 Å². The molecule has 10 heteroatoms. The first-order chi connectivity index (χ1) is 13.3. The highest BCUT2D eigenvalue weighted by Gasteiger charge is 2.34. The second kappa shape index (κ2) is 8.16. The zero-order chi connectivity index (χ0) is 20.3. The van der Waals surface area contributed by atoms with Gasteiger partial charge >= 0.3 is 7.32 Å². The summed E-state index contributed by atoms with van der Waals surface area (Å²) in [6.07, 6.45) is 0. The van der Waals surface area contributed by atoms with Crippen LogP contribution in [0.15, 0.2) is 54.6 Å². The number of benzene rings is 3. The summed E-state index contributed by atoms with van der Waals surface area (Å²) in [5.74, 6) is -7.96. The number of hydrogen-bond acceptors (Lipinski definition) is 3. The summed E-state index contributed by atoms with van der Waals surface area (Å²) >= 11 is 0. The Bertz CT molecular complexity index is 874. The molecule has 0 aliphatic heterocycles. The second-order valence-corrected chi connectivity index (χ2v) is 5.37. The fourth-order valence-corrected chi connectivity index (χ4v) is 2.09. The molecule has 0 heterocycles. The maximum Gasteiger partial charge on any atom is 0.864 e. The van der Waals surface area contributed by atoms with Crippen molar-refractivity contribution in [2.75, 3.05) is 0 Å². The zero-order valence-electron chi connectivity index (χ0n) is 13.8. The van der Waals surface area contributed by atoms with Gasteiger partial charge in [0.25, 0.3) is 0 Å². The zero-order valence-corrected chi connectivity index (χ0v) is 13.8. The van der Waals surface area contributed by atoms with E-state index in [4.69, 9.17) is 14.0 Å². The Morgan fingerprint density at radius 3 is 1.04 bits per heavy atom. The van der Waals surface area contributed by atoms with Crippen molar-refractivity contribution < 1.29 is 40.3 Å². The first kappa shape index (κ1) is 19.5. The Labute approximate surface area is 155 Å². The molecule has 0 saturated carbocycles. The summed E-state index contributed by atoms with van der Waals surface area (Å²) in [7, 11) is -2.12. The lowest BCUT2D eigenvalue weighted by atomic mass is 10.1. The van der Waals surface area contributed by atoms with Crippen LogP contribution in [-0.4, -0.2) is 7.32 Å². The molecule has 3 nitrogen and oxygen atoms in total. The summed E-state index contributed by atoms with van der Waals surface area (Å²) in [6.45, 7) is 0. The van der Waals surface area contributed by atoms with Crippen molar-refractivity contribution in [2.45, 2.75) is 0 Å². The van der Waals surface area contributed by atoms with Crippen molar-refractivity contribution in [1.82, 2.24) is 0 Å². The first-order valence-electron chi connectivity index (χ1n) is 7.67. The van der Waals surface area contributed by atoms with Gasteiger partial charge in [0.05, 0.1) is 0 Å². The van der Waals surface area contributed by atoms with Gasteiger partial charge in [0.15, 0.2) is 17.5 Å². The molecule has 0 aliphatic carbocycles. The predicted molar refractivity (Wildman–Crippen MR) is 86.7 cm³/mol. The average molecular weight is 398 g/mol. The van der Waals surface area contributed by atoms with Crippen LogP contribution in [0.3, 0.4) is 0 Å². The molecular formula is C18H9BF6O3. The van der Waals surface area contributed by atoms with Crippen molar-refractivity contribution in [2.24, 2.45) is 0 Å². The molecule has 3 rings (SSSR count). The molecule has 144 valence electrons. The summed E-state index contributed by atoms with van der Waals surface area (Å²) < 4.78 is 96.4. The van der Waals surface area contributed by atoms with Crippen molar-refractivity contribution in [3.8, 4) is 17.2 Å². The largest absolute Gasteiger partial charge is 0.864 e. The van der Waals surface area contributed by atoms with E-state index >= 15 is 0 Å². The van der Waals surface area contributed by atoms with E-state index in [9.17, 15) is 26.3 Å². The van der Waals surface area contributed by atoms with Gasteiger partial charge in [-0.3, -0.25) is 0 Å². The van der Waals surface area contributed by atoms with Gasteiger partial charge in [0.2, 0.25) is 0 Å². The molecule has 0 saturated heterocycles. The molecular weight excluding hydrogens is 389 g/mol. The maximum absolute atomic E-state index is 13.8. The van der Waals surface area contributed by atoms with Gasteiger partial charge < -0.3 is 14.0 Å². The van der Waals surface area contributed by atoms with E-state index < -0.39 is 59.5 Å². The molecule has 0 amide bonds. The fourth-order valence-electron chi connectivity index (χ4n) is 2.09. The van der Waals surface area contributed by atoms with Crippen LogP contribution >= 0.6 is 0 Å². The van der Waals surface area contributed by atoms with E-state index in [1.807, 2.05) is 0 Å². The molecule has 28 heavy (non-hydrogen) atoms. The Kier molecular flexibility index (Phi) is 5.67. The normalized spacial score (nSPS) is 10.5. The fraction of sp³-hybridized carbons (Fsp3) is 0. The molecule has 0 fully saturated rings. The van der Waals surface area contributed by atoms with E-state index in [-0.39, 0.29) is 0 Å². The smallest absolute Gasteiger partial charge is 0.487 e. The van der Waals surface area contributed by atoms with Gasteiger partial charge in [-0.25, -0.2) is 26.3 Å². The molecule has 0 spiro atoms. The third kappa shape index (κ3) is 4.70.